The maximum Gasteiger partial charge on any atom is 0.416 e. The van der Waals surface area contributed by atoms with Gasteiger partial charge in [-0.1, -0.05) is 18.2 Å². The van der Waals surface area contributed by atoms with Gasteiger partial charge in [0.15, 0.2) is 0 Å². The minimum atomic E-state index is -4.33. The normalized spacial score (nSPS) is 15.0. The molecule has 0 aliphatic carbocycles. The van der Waals surface area contributed by atoms with Crippen LogP contribution in [0.5, 0.6) is 0 Å². The number of hydrogen-bond acceptors (Lipinski definition) is 3. The standard InChI is InChI=1S/C19H17F3N4/c20-19(21,22)14-6-4-13(5-7-14)18-16-12-26(10-8-17(16)24-25-18)11-15-3-1-2-9-23-15/h1-7,9H,8,10-12H2,(H,24,25). The van der Waals surface area contributed by atoms with Crippen LogP contribution >= 0.6 is 0 Å². The molecule has 2 aromatic heterocycles. The topological polar surface area (TPSA) is 44.8 Å². The van der Waals surface area contributed by atoms with Crippen LogP contribution in [0.2, 0.25) is 0 Å². The van der Waals surface area contributed by atoms with E-state index >= 15 is 0 Å². The molecule has 0 radical (unpaired) electrons. The lowest BCUT2D eigenvalue weighted by Gasteiger charge is -2.26. The van der Waals surface area contributed by atoms with Crippen LogP contribution in [0.4, 0.5) is 13.2 Å². The minimum Gasteiger partial charge on any atom is -0.293 e. The molecule has 134 valence electrons. The number of nitrogens with zero attached hydrogens (tertiary/aromatic N) is 3. The van der Waals surface area contributed by atoms with Gasteiger partial charge in [0, 0.05) is 49.1 Å². The molecular weight excluding hydrogens is 341 g/mol. The fourth-order valence-corrected chi connectivity index (χ4v) is 3.26. The number of H-pyrrole nitrogens is 1. The summed E-state index contributed by atoms with van der Waals surface area (Å²) < 4.78 is 38.3. The Morgan fingerprint density at radius 2 is 1.88 bits per heavy atom. The number of fused-ring (bicyclic) bond motifs is 1. The highest BCUT2D eigenvalue weighted by Gasteiger charge is 2.30. The van der Waals surface area contributed by atoms with E-state index in [9.17, 15) is 13.2 Å². The molecule has 0 saturated heterocycles. The van der Waals surface area contributed by atoms with E-state index in [1.165, 1.54) is 12.1 Å². The molecule has 0 atom stereocenters. The summed E-state index contributed by atoms with van der Waals surface area (Å²) in [4.78, 5) is 6.63. The summed E-state index contributed by atoms with van der Waals surface area (Å²) in [5, 5.41) is 7.39. The van der Waals surface area contributed by atoms with Crippen LogP contribution in [0.1, 0.15) is 22.5 Å². The van der Waals surface area contributed by atoms with E-state index < -0.39 is 11.7 Å². The summed E-state index contributed by atoms with van der Waals surface area (Å²) in [6, 6.07) is 11.0. The van der Waals surface area contributed by atoms with Gasteiger partial charge < -0.3 is 0 Å². The predicted molar refractivity (Wildman–Crippen MR) is 91.1 cm³/mol. The second-order valence-corrected chi connectivity index (χ2v) is 6.39. The van der Waals surface area contributed by atoms with Gasteiger partial charge in [-0.25, -0.2) is 0 Å². The van der Waals surface area contributed by atoms with Crippen LogP contribution in [0.3, 0.4) is 0 Å². The number of hydrogen-bond donors (Lipinski definition) is 1. The molecule has 3 heterocycles. The van der Waals surface area contributed by atoms with E-state index in [1.807, 2.05) is 18.2 Å². The van der Waals surface area contributed by atoms with Gasteiger partial charge in [0.1, 0.15) is 0 Å². The molecule has 1 aliphatic heterocycles. The molecule has 0 saturated carbocycles. The van der Waals surface area contributed by atoms with Crippen LogP contribution in [0.25, 0.3) is 11.3 Å². The Morgan fingerprint density at radius 3 is 2.58 bits per heavy atom. The van der Waals surface area contributed by atoms with Crippen LogP contribution in [0.15, 0.2) is 48.7 Å². The molecule has 0 spiro atoms. The molecule has 3 aromatic rings. The number of aromatic amines is 1. The fraction of sp³-hybridized carbons (Fsp3) is 0.263. The summed E-state index contributed by atoms with van der Waals surface area (Å²) in [6.45, 7) is 2.31. The number of rotatable bonds is 3. The molecule has 0 unspecified atom stereocenters. The summed E-state index contributed by atoms with van der Waals surface area (Å²) in [6.07, 6.45) is -1.73. The first kappa shape index (κ1) is 16.8. The smallest absolute Gasteiger partial charge is 0.293 e. The number of halogens is 3. The summed E-state index contributed by atoms with van der Waals surface area (Å²) in [5.41, 5.74) is 3.86. The predicted octanol–water partition coefficient (Wildman–Crippen LogP) is 4.05. The molecule has 0 amide bonds. The van der Waals surface area contributed by atoms with E-state index in [1.54, 1.807) is 6.20 Å². The quantitative estimate of drug-likeness (QED) is 0.768. The molecule has 0 fully saturated rings. The van der Waals surface area contributed by atoms with Crippen molar-refractivity contribution in [3.05, 3.63) is 71.2 Å². The van der Waals surface area contributed by atoms with Gasteiger partial charge in [0.2, 0.25) is 0 Å². The van der Waals surface area contributed by atoms with Crippen LogP contribution < -0.4 is 0 Å². The highest BCUT2D eigenvalue weighted by atomic mass is 19.4. The molecular formula is C19H17F3N4. The number of alkyl halides is 3. The second-order valence-electron chi connectivity index (χ2n) is 6.39. The highest BCUT2D eigenvalue weighted by Crippen LogP contribution is 2.33. The van der Waals surface area contributed by atoms with Crippen molar-refractivity contribution in [3.8, 4) is 11.3 Å². The molecule has 1 aliphatic rings. The Labute approximate surface area is 148 Å². The lowest BCUT2D eigenvalue weighted by atomic mass is 10.00. The van der Waals surface area contributed by atoms with Gasteiger partial charge in [-0.15, -0.1) is 0 Å². The fourth-order valence-electron chi connectivity index (χ4n) is 3.26. The zero-order valence-corrected chi connectivity index (χ0v) is 13.9. The summed E-state index contributed by atoms with van der Waals surface area (Å²) in [5.74, 6) is 0. The van der Waals surface area contributed by atoms with Gasteiger partial charge in [0.05, 0.1) is 17.0 Å². The van der Waals surface area contributed by atoms with Crippen molar-refractivity contribution in [2.45, 2.75) is 25.7 Å². The Morgan fingerprint density at radius 1 is 1.08 bits per heavy atom. The first-order valence-corrected chi connectivity index (χ1v) is 8.37. The maximum atomic E-state index is 12.8. The molecule has 7 heteroatoms. The van der Waals surface area contributed by atoms with Gasteiger partial charge in [-0.3, -0.25) is 15.0 Å². The monoisotopic (exact) mass is 358 g/mol. The highest BCUT2D eigenvalue weighted by molar-refractivity contribution is 5.64. The molecule has 4 rings (SSSR count). The van der Waals surface area contributed by atoms with Crippen molar-refractivity contribution < 1.29 is 13.2 Å². The van der Waals surface area contributed by atoms with E-state index in [0.29, 0.717) is 12.1 Å². The van der Waals surface area contributed by atoms with Gasteiger partial charge in [-0.05, 0) is 24.3 Å². The van der Waals surface area contributed by atoms with Crippen LogP contribution in [-0.4, -0.2) is 26.6 Å². The minimum absolute atomic E-state index is 0.651. The number of benzene rings is 1. The van der Waals surface area contributed by atoms with Gasteiger partial charge in [-0.2, -0.15) is 18.3 Å². The van der Waals surface area contributed by atoms with Crippen molar-refractivity contribution in [1.82, 2.24) is 20.1 Å². The van der Waals surface area contributed by atoms with Gasteiger partial charge >= 0.3 is 6.18 Å². The second kappa shape index (κ2) is 6.57. The zero-order chi connectivity index (χ0) is 18.1. The molecule has 4 nitrogen and oxygen atoms in total. The first-order chi connectivity index (χ1) is 12.5. The molecule has 26 heavy (non-hydrogen) atoms. The SMILES string of the molecule is FC(F)(F)c1ccc(-c2n[nH]c3c2CN(Cc2ccccn2)CC3)cc1. The Kier molecular flexibility index (Phi) is 4.24. The zero-order valence-electron chi connectivity index (χ0n) is 13.9. The number of pyridine rings is 1. The van der Waals surface area contributed by atoms with E-state index in [4.69, 9.17) is 0 Å². The third kappa shape index (κ3) is 3.35. The van der Waals surface area contributed by atoms with Crippen molar-refractivity contribution in [2.75, 3.05) is 6.54 Å². The first-order valence-electron chi connectivity index (χ1n) is 8.37. The maximum absolute atomic E-state index is 12.8. The van der Waals surface area contributed by atoms with Crippen molar-refractivity contribution in [2.24, 2.45) is 0 Å². The van der Waals surface area contributed by atoms with Crippen LogP contribution in [0, 0.1) is 0 Å². The lowest BCUT2D eigenvalue weighted by Crippen LogP contribution is -2.30. The molecule has 1 N–H and O–H groups in total. The van der Waals surface area contributed by atoms with E-state index in [-0.39, 0.29) is 0 Å². The third-order valence-electron chi connectivity index (χ3n) is 4.61. The van der Waals surface area contributed by atoms with Crippen molar-refractivity contribution in [3.63, 3.8) is 0 Å². The molecule has 0 bridgehead atoms. The van der Waals surface area contributed by atoms with E-state index in [2.05, 4.69) is 20.1 Å². The summed E-state index contributed by atoms with van der Waals surface area (Å²) >= 11 is 0. The van der Waals surface area contributed by atoms with Crippen LogP contribution in [-0.2, 0) is 25.7 Å². The third-order valence-corrected chi connectivity index (χ3v) is 4.61. The van der Waals surface area contributed by atoms with Gasteiger partial charge in [0.25, 0.3) is 0 Å². The largest absolute Gasteiger partial charge is 0.416 e. The Bertz CT molecular complexity index is 885. The number of nitrogens with one attached hydrogen (secondary N) is 1. The Balaban J connectivity index is 1.57. The average molecular weight is 358 g/mol. The van der Waals surface area contributed by atoms with Crippen molar-refractivity contribution in [1.29, 1.82) is 0 Å². The molecule has 1 aromatic carbocycles. The average Bonchev–Trinajstić information content (AvgIpc) is 3.05. The van der Waals surface area contributed by atoms with Crippen molar-refractivity contribution >= 4 is 0 Å². The Hall–Kier alpha value is -2.67. The number of aromatic nitrogens is 3. The summed E-state index contributed by atoms with van der Waals surface area (Å²) in [7, 11) is 0. The van der Waals surface area contributed by atoms with E-state index in [0.717, 1.165) is 54.3 Å². The lowest BCUT2D eigenvalue weighted by molar-refractivity contribution is -0.137.